The number of sulfonamides is 1. The van der Waals surface area contributed by atoms with E-state index < -0.39 is 28.3 Å². The molecule has 1 aliphatic rings. The van der Waals surface area contributed by atoms with E-state index >= 15 is 0 Å². The number of aryl methyl sites for hydroxylation is 1. The largest absolute Gasteiger partial charge is 0.405 e. The topological polar surface area (TPSA) is 37.4 Å². The molecule has 1 aromatic carbocycles. The van der Waals surface area contributed by atoms with Gasteiger partial charge in [-0.05, 0) is 38.8 Å². The van der Waals surface area contributed by atoms with E-state index in [0.717, 1.165) is 5.56 Å². The van der Waals surface area contributed by atoms with E-state index in [1.54, 1.807) is 19.1 Å². The molecule has 20 heavy (non-hydrogen) atoms. The first kappa shape index (κ1) is 15.3. The number of nitrogens with zero attached hydrogens (tertiary/aromatic N) is 1. The van der Waals surface area contributed by atoms with Crippen LogP contribution in [0, 0.1) is 6.92 Å². The first-order valence-corrected chi connectivity index (χ1v) is 7.75. The molecular formula is C13H16F3NO2S. The lowest BCUT2D eigenvalue weighted by molar-refractivity contribution is -0.166. The number of hydrogen-bond acceptors (Lipinski definition) is 2. The predicted molar refractivity (Wildman–Crippen MR) is 68.7 cm³/mol. The lowest BCUT2D eigenvalue weighted by Gasteiger charge is -2.29. The molecule has 3 nitrogen and oxygen atoms in total. The molecule has 2 atom stereocenters. The normalized spacial score (nSPS) is 25.1. The highest BCUT2D eigenvalue weighted by atomic mass is 32.2. The van der Waals surface area contributed by atoms with Crippen molar-refractivity contribution in [2.75, 3.05) is 0 Å². The second kappa shape index (κ2) is 5.04. The van der Waals surface area contributed by atoms with Gasteiger partial charge in [0.05, 0.1) is 4.90 Å². The van der Waals surface area contributed by atoms with E-state index in [2.05, 4.69) is 0 Å². The third-order valence-corrected chi connectivity index (χ3v) is 5.61. The maximum atomic E-state index is 13.0. The van der Waals surface area contributed by atoms with Gasteiger partial charge in [-0.3, -0.25) is 0 Å². The van der Waals surface area contributed by atoms with Gasteiger partial charge in [0.15, 0.2) is 0 Å². The molecule has 0 bridgehead atoms. The van der Waals surface area contributed by atoms with Crippen LogP contribution in [0.15, 0.2) is 29.2 Å². The zero-order valence-corrected chi connectivity index (χ0v) is 12.0. The maximum absolute atomic E-state index is 13.0. The number of hydrogen-bond donors (Lipinski definition) is 0. The summed E-state index contributed by atoms with van der Waals surface area (Å²) in [5, 5.41) is 0. The number of halogens is 3. The fourth-order valence-electron chi connectivity index (χ4n) is 2.51. The molecule has 0 spiro atoms. The zero-order valence-electron chi connectivity index (χ0n) is 11.2. The van der Waals surface area contributed by atoms with E-state index in [9.17, 15) is 21.6 Å². The van der Waals surface area contributed by atoms with Crippen LogP contribution in [-0.2, 0) is 10.0 Å². The van der Waals surface area contributed by atoms with Gasteiger partial charge >= 0.3 is 6.18 Å². The standard InChI is InChI=1S/C13H16F3NO2S/c1-9-3-6-11(7-4-9)20(18,19)17-10(2)5-8-12(17)13(14,15)16/h3-4,6-7,10,12H,5,8H2,1-2H3/t10-,12-/m1/s1. The SMILES string of the molecule is Cc1ccc(S(=O)(=O)N2[C@H](C)CC[C@@H]2C(F)(F)F)cc1. The summed E-state index contributed by atoms with van der Waals surface area (Å²) < 4.78 is 64.5. The van der Waals surface area contributed by atoms with Gasteiger partial charge in [-0.1, -0.05) is 17.7 Å². The molecule has 1 aromatic rings. The number of benzene rings is 1. The molecule has 0 radical (unpaired) electrons. The van der Waals surface area contributed by atoms with Crippen molar-refractivity contribution >= 4 is 10.0 Å². The van der Waals surface area contributed by atoms with Crippen LogP contribution in [0.4, 0.5) is 13.2 Å². The van der Waals surface area contributed by atoms with Crippen LogP contribution in [0.2, 0.25) is 0 Å². The molecule has 7 heteroatoms. The summed E-state index contributed by atoms with van der Waals surface area (Å²) >= 11 is 0. The average Bonchev–Trinajstić information content (AvgIpc) is 2.72. The Labute approximate surface area is 116 Å². The van der Waals surface area contributed by atoms with Gasteiger partial charge in [0.25, 0.3) is 0 Å². The summed E-state index contributed by atoms with van der Waals surface area (Å²) in [5.41, 5.74) is 0.853. The average molecular weight is 307 g/mol. The van der Waals surface area contributed by atoms with Gasteiger partial charge in [-0.25, -0.2) is 8.42 Å². The summed E-state index contributed by atoms with van der Waals surface area (Å²) in [4.78, 5) is -0.0916. The van der Waals surface area contributed by atoms with Gasteiger partial charge < -0.3 is 0 Å². The van der Waals surface area contributed by atoms with Crippen molar-refractivity contribution in [2.45, 2.75) is 49.8 Å². The summed E-state index contributed by atoms with van der Waals surface area (Å²) in [6.45, 7) is 3.30. The Bertz CT molecular complexity index is 581. The molecule has 112 valence electrons. The molecule has 1 heterocycles. The van der Waals surface area contributed by atoms with Crippen LogP contribution >= 0.6 is 0 Å². The highest BCUT2D eigenvalue weighted by Crippen LogP contribution is 2.39. The minimum absolute atomic E-state index is 0.0916. The molecule has 0 aliphatic carbocycles. The first-order chi connectivity index (χ1) is 9.14. The van der Waals surface area contributed by atoms with Gasteiger partial charge in [0, 0.05) is 6.04 Å². The van der Waals surface area contributed by atoms with Crippen molar-refractivity contribution < 1.29 is 21.6 Å². The van der Waals surface area contributed by atoms with E-state index in [-0.39, 0.29) is 17.7 Å². The Hall–Kier alpha value is -1.08. The lowest BCUT2D eigenvalue weighted by Crippen LogP contribution is -2.47. The third-order valence-electron chi connectivity index (χ3n) is 3.57. The van der Waals surface area contributed by atoms with Crippen LogP contribution in [0.3, 0.4) is 0 Å². The van der Waals surface area contributed by atoms with Crippen molar-refractivity contribution in [3.05, 3.63) is 29.8 Å². The Morgan fingerprint density at radius 2 is 1.70 bits per heavy atom. The monoisotopic (exact) mass is 307 g/mol. The predicted octanol–water partition coefficient (Wildman–Crippen LogP) is 3.10. The molecular weight excluding hydrogens is 291 g/mol. The van der Waals surface area contributed by atoms with E-state index in [1.807, 2.05) is 0 Å². The van der Waals surface area contributed by atoms with Crippen LogP contribution in [-0.4, -0.2) is 31.0 Å². The molecule has 0 unspecified atom stereocenters. The van der Waals surface area contributed by atoms with Gasteiger partial charge in [-0.2, -0.15) is 17.5 Å². The Balaban J connectivity index is 2.43. The van der Waals surface area contributed by atoms with E-state index in [1.165, 1.54) is 19.1 Å². The van der Waals surface area contributed by atoms with Crippen molar-refractivity contribution in [3.8, 4) is 0 Å². The number of alkyl halides is 3. The zero-order chi connectivity index (χ0) is 15.1. The molecule has 0 N–H and O–H groups in total. The van der Waals surface area contributed by atoms with Crippen molar-refractivity contribution in [1.29, 1.82) is 0 Å². The van der Waals surface area contributed by atoms with E-state index in [4.69, 9.17) is 0 Å². The van der Waals surface area contributed by atoms with Crippen molar-refractivity contribution in [3.63, 3.8) is 0 Å². The molecule has 1 fully saturated rings. The van der Waals surface area contributed by atoms with Gasteiger partial charge in [-0.15, -0.1) is 0 Å². The minimum Gasteiger partial charge on any atom is -0.207 e. The molecule has 2 rings (SSSR count). The van der Waals surface area contributed by atoms with Crippen molar-refractivity contribution in [1.82, 2.24) is 4.31 Å². The van der Waals surface area contributed by atoms with Gasteiger partial charge in [0.2, 0.25) is 10.0 Å². The van der Waals surface area contributed by atoms with Crippen LogP contribution < -0.4 is 0 Å². The fourth-order valence-corrected chi connectivity index (χ4v) is 4.37. The second-order valence-electron chi connectivity index (χ2n) is 5.13. The smallest absolute Gasteiger partial charge is 0.207 e. The quantitative estimate of drug-likeness (QED) is 0.842. The maximum Gasteiger partial charge on any atom is 0.405 e. The molecule has 1 saturated heterocycles. The fraction of sp³-hybridized carbons (Fsp3) is 0.538. The second-order valence-corrected chi connectivity index (χ2v) is 6.97. The third kappa shape index (κ3) is 2.69. The Morgan fingerprint density at radius 1 is 1.15 bits per heavy atom. The number of rotatable bonds is 2. The summed E-state index contributed by atoms with van der Waals surface area (Å²) in [7, 11) is -4.12. The molecule has 0 amide bonds. The van der Waals surface area contributed by atoms with Crippen LogP contribution in [0.5, 0.6) is 0 Å². The molecule has 0 aromatic heterocycles. The van der Waals surface area contributed by atoms with Crippen molar-refractivity contribution in [2.24, 2.45) is 0 Å². The summed E-state index contributed by atoms with van der Waals surface area (Å²) in [6, 6.07) is 3.29. The molecule has 0 saturated carbocycles. The first-order valence-electron chi connectivity index (χ1n) is 6.31. The van der Waals surface area contributed by atoms with E-state index in [0.29, 0.717) is 4.31 Å². The lowest BCUT2D eigenvalue weighted by atomic mass is 10.2. The summed E-state index contributed by atoms with van der Waals surface area (Å²) in [6.07, 6.45) is -4.51. The van der Waals surface area contributed by atoms with Gasteiger partial charge in [0.1, 0.15) is 6.04 Å². The minimum atomic E-state index is -4.54. The molecule has 1 aliphatic heterocycles. The Morgan fingerprint density at radius 3 is 2.20 bits per heavy atom. The van der Waals surface area contributed by atoms with Crippen LogP contribution in [0.25, 0.3) is 0 Å². The highest BCUT2D eigenvalue weighted by Gasteiger charge is 2.53. The highest BCUT2D eigenvalue weighted by molar-refractivity contribution is 7.89. The van der Waals surface area contributed by atoms with Crippen LogP contribution in [0.1, 0.15) is 25.3 Å². The summed E-state index contributed by atoms with van der Waals surface area (Å²) in [5.74, 6) is 0. The Kier molecular flexibility index (Phi) is 3.85.